The van der Waals surface area contributed by atoms with Crippen LogP contribution in [0.4, 0.5) is 0 Å². The second-order valence-electron chi connectivity index (χ2n) is 8.11. The van der Waals surface area contributed by atoms with Crippen molar-refractivity contribution in [2.45, 2.75) is 45.5 Å². The predicted octanol–water partition coefficient (Wildman–Crippen LogP) is 3.38. The van der Waals surface area contributed by atoms with Crippen molar-refractivity contribution in [2.75, 3.05) is 26.9 Å². The first kappa shape index (κ1) is 20.8. The zero-order valence-corrected chi connectivity index (χ0v) is 17.7. The molecule has 0 saturated heterocycles. The minimum absolute atomic E-state index is 0.0186. The highest BCUT2D eigenvalue weighted by Gasteiger charge is 2.26. The lowest BCUT2D eigenvalue weighted by atomic mass is 9.84. The summed E-state index contributed by atoms with van der Waals surface area (Å²) in [6, 6.07) is 8.15. The van der Waals surface area contributed by atoms with Gasteiger partial charge in [-0.3, -0.25) is 4.79 Å². The van der Waals surface area contributed by atoms with Crippen LogP contribution in [0, 0.1) is 5.41 Å². The van der Waals surface area contributed by atoms with E-state index in [1.54, 1.807) is 11.8 Å². The van der Waals surface area contributed by atoms with Crippen molar-refractivity contribution in [3.63, 3.8) is 0 Å². The predicted molar refractivity (Wildman–Crippen MR) is 112 cm³/mol. The maximum Gasteiger partial charge on any atom is 0.240 e. The van der Waals surface area contributed by atoms with Gasteiger partial charge < -0.3 is 14.8 Å². The molecule has 0 radical (unpaired) electrons. The molecule has 1 N–H and O–H groups in total. The van der Waals surface area contributed by atoms with Crippen LogP contribution in [0.1, 0.15) is 33.0 Å². The highest BCUT2D eigenvalue weighted by molar-refractivity contribution is 7.97. The highest BCUT2D eigenvalue weighted by atomic mass is 32.2. The average molecular weight is 377 g/mol. The first-order chi connectivity index (χ1) is 12.2. The summed E-state index contributed by atoms with van der Waals surface area (Å²) in [4.78, 5) is 19.7. The fourth-order valence-corrected chi connectivity index (χ4v) is 3.51. The normalized spacial score (nSPS) is 13.3. The molecule has 0 unspecified atom stereocenters. The average Bonchev–Trinajstić information content (AvgIpc) is 2.88. The molecular weight excluding hydrogens is 344 g/mol. The Bertz CT molecular complexity index is 733. The summed E-state index contributed by atoms with van der Waals surface area (Å²) >= 11 is 1.72. The van der Waals surface area contributed by atoms with Crippen LogP contribution in [-0.4, -0.2) is 53.3 Å². The third kappa shape index (κ3) is 5.48. The molecule has 144 valence electrons. The van der Waals surface area contributed by atoms with E-state index < -0.39 is 0 Å². The fraction of sp³-hybridized carbons (Fsp3) is 0.600. The molecule has 0 spiro atoms. The molecule has 5 nitrogen and oxygen atoms in total. The molecule has 26 heavy (non-hydrogen) atoms. The Hall–Kier alpha value is -1.53. The Kier molecular flexibility index (Phi) is 7.12. The van der Waals surface area contributed by atoms with Crippen LogP contribution < -0.4 is 5.32 Å². The Morgan fingerprint density at radius 3 is 2.62 bits per heavy atom. The largest absolute Gasteiger partial charge is 0.351 e. The summed E-state index contributed by atoms with van der Waals surface area (Å²) in [5, 5.41) is 3.26. The standard InChI is InChI=1S/C20H32N4OS/c1-20(2,3)17(11-12-23(4)5)22-19(25)13-24-16-10-8-7-9-15(16)21-18(24)14-26-6/h7-10,17H,11-14H2,1-6H3,(H,22,25)/t17-/m0/s1. The Morgan fingerprint density at radius 2 is 2.00 bits per heavy atom. The van der Waals surface area contributed by atoms with E-state index in [4.69, 9.17) is 4.98 Å². The van der Waals surface area contributed by atoms with Gasteiger partial charge in [-0.1, -0.05) is 32.9 Å². The van der Waals surface area contributed by atoms with E-state index in [2.05, 4.69) is 51.3 Å². The van der Waals surface area contributed by atoms with Gasteiger partial charge in [0.1, 0.15) is 12.4 Å². The number of amides is 1. The van der Waals surface area contributed by atoms with Gasteiger partial charge in [0.15, 0.2) is 0 Å². The summed E-state index contributed by atoms with van der Waals surface area (Å²) in [6.45, 7) is 7.80. The molecule has 0 fully saturated rings. The smallest absolute Gasteiger partial charge is 0.240 e. The number of hydrogen-bond donors (Lipinski definition) is 1. The number of imidazole rings is 1. The third-order valence-corrected chi connectivity index (χ3v) is 5.10. The Morgan fingerprint density at radius 1 is 1.31 bits per heavy atom. The van der Waals surface area contributed by atoms with Crippen molar-refractivity contribution >= 4 is 28.7 Å². The van der Waals surface area contributed by atoms with Crippen molar-refractivity contribution in [2.24, 2.45) is 5.41 Å². The lowest BCUT2D eigenvalue weighted by Gasteiger charge is -2.32. The van der Waals surface area contributed by atoms with Gasteiger partial charge in [-0.2, -0.15) is 11.8 Å². The molecule has 1 amide bonds. The molecule has 1 aromatic carbocycles. The molecule has 0 aliphatic carbocycles. The van der Waals surface area contributed by atoms with Gasteiger partial charge in [-0.25, -0.2) is 4.98 Å². The zero-order valence-electron chi connectivity index (χ0n) is 16.9. The van der Waals surface area contributed by atoms with Crippen LogP contribution in [0.15, 0.2) is 24.3 Å². The van der Waals surface area contributed by atoms with Gasteiger partial charge in [0.25, 0.3) is 0 Å². The molecule has 1 aromatic heterocycles. The molecule has 1 atom stereocenters. The van der Waals surface area contributed by atoms with Gasteiger partial charge in [-0.15, -0.1) is 0 Å². The molecule has 1 heterocycles. The van der Waals surface area contributed by atoms with Crippen LogP contribution in [-0.2, 0) is 17.1 Å². The molecule has 0 saturated carbocycles. The number of nitrogens with zero attached hydrogens (tertiary/aromatic N) is 3. The number of benzene rings is 1. The summed E-state index contributed by atoms with van der Waals surface area (Å²) in [5.41, 5.74) is 1.99. The number of carbonyl (C=O) groups excluding carboxylic acids is 1. The van der Waals surface area contributed by atoms with Crippen molar-refractivity contribution in [3.05, 3.63) is 30.1 Å². The van der Waals surface area contributed by atoms with Crippen molar-refractivity contribution in [1.29, 1.82) is 0 Å². The minimum atomic E-state index is 0.0186. The topological polar surface area (TPSA) is 50.2 Å². The minimum Gasteiger partial charge on any atom is -0.351 e. The Labute approximate surface area is 161 Å². The van der Waals surface area contributed by atoms with E-state index in [0.29, 0.717) is 6.54 Å². The van der Waals surface area contributed by atoms with Crippen LogP contribution in [0.3, 0.4) is 0 Å². The lowest BCUT2D eigenvalue weighted by molar-refractivity contribution is -0.123. The van der Waals surface area contributed by atoms with Gasteiger partial charge in [0, 0.05) is 6.04 Å². The fourth-order valence-electron chi connectivity index (χ4n) is 3.03. The SMILES string of the molecule is CSCc1nc2ccccc2n1CC(=O)N[C@@H](CCN(C)C)C(C)(C)C. The maximum absolute atomic E-state index is 12.8. The number of carbonyl (C=O) groups is 1. The molecular formula is C20H32N4OS. The summed E-state index contributed by atoms with van der Waals surface area (Å²) in [6.07, 6.45) is 2.99. The van der Waals surface area contributed by atoms with Crippen LogP contribution in [0.5, 0.6) is 0 Å². The van der Waals surface area contributed by atoms with Crippen LogP contribution in [0.25, 0.3) is 11.0 Å². The van der Waals surface area contributed by atoms with Gasteiger partial charge in [-0.05, 0) is 50.9 Å². The van der Waals surface area contributed by atoms with Crippen molar-refractivity contribution < 1.29 is 4.79 Å². The molecule has 2 aromatic rings. The number of thioether (sulfide) groups is 1. The number of fused-ring (bicyclic) bond motifs is 1. The van der Waals surface area contributed by atoms with E-state index in [9.17, 15) is 4.79 Å². The zero-order chi connectivity index (χ0) is 19.3. The maximum atomic E-state index is 12.8. The van der Waals surface area contributed by atoms with Gasteiger partial charge >= 0.3 is 0 Å². The van der Waals surface area contributed by atoms with Gasteiger partial charge in [0.05, 0.1) is 16.8 Å². The summed E-state index contributed by atoms with van der Waals surface area (Å²) in [7, 11) is 4.13. The van der Waals surface area contributed by atoms with Crippen molar-refractivity contribution in [3.8, 4) is 0 Å². The quantitative estimate of drug-likeness (QED) is 0.767. The second-order valence-corrected chi connectivity index (χ2v) is 8.98. The van der Waals surface area contributed by atoms with Crippen LogP contribution >= 0.6 is 11.8 Å². The molecule has 6 heteroatoms. The molecule has 0 bridgehead atoms. The van der Waals surface area contributed by atoms with E-state index >= 15 is 0 Å². The first-order valence-corrected chi connectivity index (χ1v) is 10.5. The number of aromatic nitrogens is 2. The van der Waals surface area contributed by atoms with E-state index in [0.717, 1.165) is 35.6 Å². The highest BCUT2D eigenvalue weighted by Crippen LogP contribution is 2.23. The van der Waals surface area contributed by atoms with E-state index in [1.165, 1.54) is 0 Å². The number of rotatable bonds is 8. The summed E-state index contributed by atoms with van der Waals surface area (Å²) in [5.74, 6) is 1.80. The Balaban J connectivity index is 2.17. The van der Waals surface area contributed by atoms with E-state index in [-0.39, 0.29) is 17.4 Å². The first-order valence-electron chi connectivity index (χ1n) is 9.09. The third-order valence-electron chi connectivity index (χ3n) is 4.55. The lowest BCUT2D eigenvalue weighted by Crippen LogP contribution is -2.46. The molecule has 0 aliphatic rings. The molecule has 2 rings (SSSR count). The second kappa shape index (κ2) is 8.91. The number of para-hydroxylation sites is 2. The van der Waals surface area contributed by atoms with Gasteiger partial charge in [0.2, 0.25) is 5.91 Å². The van der Waals surface area contributed by atoms with Crippen molar-refractivity contribution in [1.82, 2.24) is 19.8 Å². The number of nitrogens with one attached hydrogen (secondary N) is 1. The van der Waals surface area contributed by atoms with E-state index in [1.807, 2.05) is 28.8 Å². The van der Waals surface area contributed by atoms with Crippen LogP contribution in [0.2, 0.25) is 0 Å². The summed E-state index contributed by atoms with van der Waals surface area (Å²) < 4.78 is 2.05. The number of hydrogen-bond acceptors (Lipinski definition) is 4. The monoisotopic (exact) mass is 376 g/mol. The molecule has 0 aliphatic heterocycles.